The average molecular weight is 481 g/mol. The van der Waals surface area contributed by atoms with Gasteiger partial charge < -0.3 is 30.0 Å². The first-order valence-corrected chi connectivity index (χ1v) is 11.9. The first-order chi connectivity index (χ1) is 17.0. The van der Waals surface area contributed by atoms with Crippen LogP contribution in [0.5, 0.6) is 0 Å². The van der Waals surface area contributed by atoms with Gasteiger partial charge in [-0.2, -0.15) is 0 Å². The molecule has 3 aliphatic rings. The van der Waals surface area contributed by atoms with E-state index < -0.39 is 30.3 Å². The van der Waals surface area contributed by atoms with Crippen LogP contribution in [-0.4, -0.2) is 67.7 Å². The molecule has 2 heterocycles. The third-order valence-corrected chi connectivity index (χ3v) is 6.99. The predicted molar refractivity (Wildman–Crippen MR) is 125 cm³/mol. The maximum Gasteiger partial charge on any atom is 0.407 e. The first kappa shape index (κ1) is 23.3. The van der Waals surface area contributed by atoms with E-state index in [1.165, 1.54) is 0 Å². The molecule has 9 heteroatoms. The summed E-state index contributed by atoms with van der Waals surface area (Å²) >= 11 is 0. The third-order valence-electron chi connectivity index (χ3n) is 6.99. The predicted octanol–water partition coefficient (Wildman–Crippen LogP) is 2.29. The van der Waals surface area contributed by atoms with E-state index >= 15 is 0 Å². The first-order valence-electron chi connectivity index (χ1n) is 11.9. The van der Waals surface area contributed by atoms with Gasteiger partial charge in [-0.1, -0.05) is 48.5 Å². The molecule has 2 unspecified atom stereocenters. The number of ether oxygens (including phenoxy) is 3. The van der Waals surface area contributed by atoms with Crippen molar-refractivity contribution in [2.45, 2.75) is 37.0 Å². The fourth-order valence-corrected chi connectivity index (χ4v) is 5.24. The molecule has 2 amide bonds. The molecule has 35 heavy (non-hydrogen) atoms. The Bertz CT molecular complexity index is 1070. The summed E-state index contributed by atoms with van der Waals surface area (Å²) in [6.45, 7) is 1.10. The molecule has 4 atom stereocenters. The van der Waals surface area contributed by atoms with Gasteiger partial charge in [0.1, 0.15) is 12.7 Å². The summed E-state index contributed by atoms with van der Waals surface area (Å²) in [6.07, 6.45) is -1.34. The van der Waals surface area contributed by atoms with Crippen molar-refractivity contribution in [1.29, 1.82) is 0 Å². The quantitative estimate of drug-likeness (QED) is 0.556. The maximum atomic E-state index is 12.7. The smallest absolute Gasteiger partial charge is 0.407 e. The zero-order chi connectivity index (χ0) is 24.4. The molecule has 184 valence electrons. The summed E-state index contributed by atoms with van der Waals surface area (Å²) in [4.78, 5) is 36.5. The van der Waals surface area contributed by atoms with Crippen LogP contribution < -0.4 is 10.6 Å². The van der Waals surface area contributed by atoms with Crippen LogP contribution in [0, 0.1) is 5.92 Å². The van der Waals surface area contributed by atoms with Gasteiger partial charge in [0.25, 0.3) is 0 Å². The topological polar surface area (TPSA) is 123 Å². The Morgan fingerprint density at radius 1 is 0.914 bits per heavy atom. The van der Waals surface area contributed by atoms with E-state index in [9.17, 15) is 19.5 Å². The Labute approximate surface area is 202 Å². The highest BCUT2D eigenvalue weighted by Crippen LogP contribution is 2.44. The van der Waals surface area contributed by atoms with Crippen molar-refractivity contribution in [2.75, 3.05) is 26.4 Å². The lowest BCUT2D eigenvalue weighted by molar-refractivity contribution is -0.148. The van der Waals surface area contributed by atoms with Crippen LogP contribution in [-0.2, 0) is 23.8 Å². The Balaban J connectivity index is 1.14. The lowest BCUT2D eigenvalue weighted by Gasteiger charge is -2.22. The monoisotopic (exact) mass is 480 g/mol. The van der Waals surface area contributed by atoms with Crippen LogP contribution in [0.15, 0.2) is 48.5 Å². The van der Waals surface area contributed by atoms with Gasteiger partial charge in [0.15, 0.2) is 6.10 Å². The standard InChI is InChI=1S/C26H28N2O7/c29-24(28-21-10-12-34-23(21)25(30)31)22-15(9-11-33-22)13-27-26(32)35-14-20-18-7-3-1-5-16(18)17-6-2-4-8-19(17)20/h1-8,15,20-23H,9-14H2,(H,27,32)(H,28,29)(H,30,31)/t15?,21-,22?,23+/m1/s1. The van der Waals surface area contributed by atoms with Crippen molar-refractivity contribution >= 4 is 18.0 Å². The number of carbonyl (C=O) groups is 3. The number of carboxylic acids is 1. The molecule has 3 N–H and O–H groups in total. The number of carbonyl (C=O) groups excluding carboxylic acids is 2. The van der Waals surface area contributed by atoms with Gasteiger partial charge in [-0.25, -0.2) is 9.59 Å². The highest BCUT2D eigenvalue weighted by molar-refractivity contribution is 5.83. The number of alkyl carbamates (subject to hydrolysis) is 1. The second-order valence-electron chi connectivity index (χ2n) is 9.08. The molecule has 0 bridgehead atoms. The second kappa shape index (κ2) is 10.1. The zero-order valence-corrected chi connectivity index (χ0v) is 19.1. The molecule has 2 saturated heterocycles. The molecule has 2 aliphatic heterocycles. The van der Waals surface area contributed by atoms with Crippen molar-refractivity contribution in [2.24, 2.45) is 5.92 Å². The number of aliphatic carboxylic acids is 1. The summed E-state index contributed by atoms with van der Waals surface area (Å²) in [5, 5.41) is 14.7. The number of fused-ring (bicyclic) bond motifs is 3. The number of hydrogen-bond acceptors (Lipinski definition) is 6. The molecular formula is C26H28N2O7. The number of rotatable bonds is 7. The van der Waals surface area contributed by atoms with Gasteiger partial charge in [-0.05, 0) is 35.1 Å². The van der Waals surface area contributed by atoms with Crippen molar-refractivity contribution in [1.82, 2.24) is 10.6 Å². The molecule has 2 aromatic rings. The lowest BCUT2D eigenvalue weighted by Crippen LogP contribution is -2.50. The van der Waals surface area contributed by atoms with Gasteiger partial charge in [-0.15, -0.1) is 0 Å². The molecular weight excluding hydrogens is 452 g/mol. The Kier molecular flexibility index (Phi) is 6.70. The number of amides is 2. The summed E-state index contributed by atoms with van der Waals surface area (Å²) in [5.41, 5.74) is 4.59. The minimum atomic E-state index is -1.10. The molecule has 2 aromatic carbocycles. The fourth-order valence-electron chi connectivity index (χ4n) is 5.24. The number of benzene rings is 2. The van der Waals surface area contributed by atoms with E-state index in [-0.39, 0.29) is 37.5 Å². The van der Waals surface area contributed by atoms with E-state index in [0.717, 1.165) is 22.3 Å². The minimum Gasteiger partial charge on any atom is -0.479 e. The summed E-state index contributed by atoms with van der Waals surface area (Å²) in [5.74, 6) is -1.75. The molecule has 0 aromatic heterocycles. The normalized spacial score (nSPS) is 25.0. The van der Waals surface area contributed by atoms with Crippen LogP contribution >= 0.6 is 0 Å². The van der Waals surface area contributed by atoms with Gasteiger partial charge in [0, 0.05) is 31.6 Å². The molecule has 9 nitrogen and oxygen atoms in total. The lowest BCUT2D eigenvalue weighted by atomic mass is 9.98. The average Bonchev–Trinajstić information content (AvgIpc) is 3.59. The number of hydrogen-bond donors (Lipinski definition) is 3. The molecule has 2 fully saturated rings. The van der Waals surface area contributed by atoms with Gasteiger partial charge in [0.05, 0.1) is 6.04 Å². The highest BCUT2D eigenvalue weighted by atomic mass is 16.5. The largest absolute Gasteiger partial charge is 0.479 e. The molecule has 5 rings (SSSR count). The van der Waals surface area contributed by atoms with Crippen LogP contribution in [0.4, 0.5) is 4.79 Å². The zero-order valence-electron chi connectivity index (χ0n) is 19.1. The summed E-state index contributed by atoms with van der Waals surface area (Å²) in [7, 11) is 0. The van der Waals surface area contributed by atoms with Crippen molar-refractivity contribution in [3.63, 3.8) is 0 Å². The van der Waals surface area contributed by atoms with Crippen molar-refractivity contribution in [3.8, 4) is 11.1 Å². The molecule has 1 aliphatic carbocycles. The summed E-state index contributed by atoms with van der Waals surface area (Å²) < 4.78 is 16.3. The van der Waals surface area contributed by atoms with Gasteiger partial charge in [0.2, 0.25) is 5.91 Å². The Hall–Kier alpha value is -3.43. The Morgan fingerprint density at radius 3 is 2.23 bits per heavy atom. The van der Waals surface area contributed by atoms with Gasteiger partial charge in [-0.3, -0.25) is 4.79 Å². The van der Waals surface area contributed by atoms with Gasteiger partial charge >= 0.3 is 12.1 Å². The minimum absolute atomic E-state index is 0.0303. The van der Waals surface area contributed by atoms with Crippen LogP contribution in [0.1, 0.15) is 29.9 Å². The second-order valence-corrected chi connectivity index (χ2v) is 9.08. The molecule has 0 saturated carbocycles. The van der Waals surface area contributed by atoms with Crippen molar-refractivity contribution < 1.29 is 33.7 Å². The van der Waals surface area contributed by atoms with E-state index in [1.54, 1.807) is 0 Å². The SMILES string of the molecule is O=C(NCC1CCOC1C(=O)N[C@@H]1CCO[C@@H]1C(=O)O)OCC1c2ccccc2-c2ccccc21. The van der Waals surface area contributed by atoms with E-state index in [4.69, 9.17) is 14.2 Å². The van der Waals surface area contributed by atoms with E-state index in [0.29, 0.717) is 19.4 Å². The fraction of sp³-hybridized carbons (Fsp3) is 0.423. The summed E-state index contributed by atoms with van der Waals surface area (Å²) in [6, 6.07) is 15.7. The van der Waals surface area contributed by atoms with Crippen LogP contribution in [0.25, 0.3) is 11.1 Å². The highest BCUT2D eigenvalue weighted by Gasteiger charge is 2.40. The third kappa shape index (κ3) is 4.74. The number of nitrogens with one attached hydrogen (secondary N) is 2. The molecule has 0 spiro atoms. The number of carboxylic acid groups (broad SMARTS) is 1. The maximum absolute atomic E-state index is 12.7. The van der Waals surface area contributed by atoms with Crippen molar-refractivity contribution in [3.05, 3.63) is 59.7 Å². The van der Waals surface area contributed by atoms with E-state index in [2.05, 4.69) is 34.9 Å². The van der Waals surface area contributed by atoms with E-state index in [1.807, 2.05) is 24.3 Å². The van der Waals surface area contributed by atoms with Crippen LogP contribution in [0.3, 0.4) is 0 Å². The Morgan fingerprint density at radius 2 is 1.54 bits per heavy atom. The van der Waals surface area contributed by atoms with Crippen LogP contribution in [0.2, 0.25) is 0 Å². The molecule has 0 radical (unpaired) electrons.